The first kappa shape index (κ1) is 21.6. The Morgan fingerprint density at radius 3 is 2.60 bits per heavy atom. The standard InChI is InChI=1S/C23H27FN2O4/c1-17(27-3)26(2)21-6-4-19(5-7-21)16-29-22-12-20(24)13-23(14-22)30-25-15-18-8-10-28-11-9-18/h4-7,12-15,18H,1,8-11,16H2,2-3H3. The molecular formula is C23H27FN2O4. The van der Waals surface area contributed by atoms with Crippen LogP contribution in [-0.2, 0) is 16.1 Å². The molecule has 1 fully saturated rings. The number of ether oxygens (including phenoxy) is 3. The number of nitrogens with zero attached hydrogens (tertiary/aromatic N) is 2. The largest absolute Gasteiger partial charge is 0.489 e. The van der Waals surface area contributed by atoms with Crippen LogP contribution in [0.2, 0.25) is 0 Å². The third-order valence-electron chi connectivity index (χ3n) is 4.88. The molecular weight excluding hydrogens is 387 g/mol. The molecule has 6 nitrogen and oxygen atoms in total. The first-order chi connectivity index (χ1) is 14.5. The van der Waals surface area contributed by atoms with Gasteiger partial charge in [-0.15, -0.1) is 0 Å². The zero-order valence-corrected chi connectivity index (χ0v) is 17.3. The zero-order valence-electron chi connectivity index (χ0n) is 17.3. The molecule has 30 heavy (non-hydrogen) atoms. The Morgan fingerprint density at radius 2 is 1.90 bits per heavy atom. The van der Waals surface area contributed by atoms with Crippen molar-refractivity contribution in [1.29, 1.82) is 0 Å². The third kappa shape index (κ3) is 6.22. The predicted molar refractivity (Wildman–Crippen MR) is 114 cm³/mol. The molecule has 0 amide bonds. The number of rotatable bonds is 9. The molecule has 160 valence electrons. The van der Waals surface area contributed by atoms with E-state index in [9.17, 15) is 4.39 Å². The molecule has 0 unspecified atom stereocenters. The average Bonchev–Trinajstić information content (AvgIpc) is 2.77. The van der Waals surface area contributed by atoms with Crippen LogP contribution in [0.4, 0.5) is 10.1 Å². The van der Waals surface area contributed by atoms with Crippen molar-refractivity contribution in [3.8, 4) is 11.5 Å². The fraction of sp³-hybridized carbons (Fsp3) is 0.348. The molecule has 0 aliphatic carbocycles. The van der Waals surface area contributed by atoms with Gasteiger partial charge in [-0.05, 0) is 37.1 Å². The van der Waals surface area contributed by atoms with E-state index in [0.717, 1.165) is 37.3 Å². The lowest BCUT2D eigenvalue weighted by Crippen LogP contribution is -2.16. The quantitative estimate of drug-likeness (QED) is 0.337. The van der Waals surface area contributed by atoms with Crippen LogP contribution in [0.15, 0.2) is 60.1 Å². The summed E-state index contributed by atoms with van der Waals surface area (Å²) in [5.41, 5.74) is 1.88. The van der Waals surface area contributed by atoms with Crippen LogP contribution in [0.3, 0.4) is 0 Å². The number of anilines is 1. The van der Waals surface area contributed by atoms with Crippen molar-refractivity contribution in [2.24, 2.45) is 11.1 Å². The van der Waals surface area contributed by atoms with E-state index < -0.39 is 5.82 Å². The van der Waals surface area contributed by atoms with Gasteiger partial charge in [0.1, 0.15) is 18.2 Å². The maximum absolute atomic E-state index is 13.9. The Hall–Kier alpha value is -3.06. The summed E-state index contributed by atoms with van der Waals surface area (Å²) in [5, 5.41) is 3.99. The molecule has 0 atom stereocenters. The van der Waals surface area contributed by atoms with Crippen LogP contribution in [0.25, 0.3) is 0 Å². The van der Waals surface area contributed by atoms with Crippen molar-refractivity contribution in [3.05, 3.63) is 66.3 Å². The predicted octanol–water partition coefficient (Wildman–Crippen LogP) is 4.75. The van der Waals surface area contributed by atoms with E-state index in [1.54, 1.807) is 19.4 Å². The normalized spacial score (nSPS) is 14.5. The molecule has 3 rings (SSSR count). The molecule has 0 aromatic heterocycles. The molecule has 0 saturated carbocycles. The number of halogens is 1. The second kappa shape index (κ2) is 10.6. The van der Waals surface area contributed by atoms with Crippen LogP contribution >= 0.6 is 0 Å². The smallest absolute Gasteiger partial charge is 0.185 e. The summed E-state index contributed by atoms with van der Waals surface area (Å²) < 4.78 is 30.1. The van der Waals surface area contributed by atoms with E-state index in [2.05, 4.69) is 11.7 Å². The van der Waals surface area contributed by atoms with Crippen molar-refractivity contribution in [2.45, 2.75) is 19.4 Å². The van der Waals surface area contributed by atoms with Gasteiger partial charge in [0, 0.05) is 56.3 Å². The summed E-state index contributed by atoms with van der Waals surface area (Å²) in [6.07, 6.45) is 3.59. The van der Waals surface area contributed by atoms with Crippen LogP contribution in [0.1, 0.15) is 18.4 Å². The molecule has 2 aromatic carbocycles. The van der Waals surface area contributed by atoms with Crippen LogP contribution in [0, 0.1) is 11.7 Å². The van der Waals surface area contributed by atoms with Crippen LogP contribution < -0.4 is 14.5 Å². The highest BCUT2D eigenvalue weighted by Gasteiger charge is 2.11. The van der Waals surface area contributed by atoms with Crippen molar-refractivity contribution in [3.63, 3.8) is 0 Å². The molecule has 1 aliphatic rings. The second-order valence-corrected chi connectivity index (χ2v) is 7.03. The van der Waals surface area contributed by atoms with Gasteiger partial charge < -0.3 is 23.9 Å². The molecule has 0 spiro atoms. The Bertz CT molecular complexity index is 864. The monoisotopic (exact) mass is 414 g/mol. The molecule has 1 heterocycles. The van der Waals surface area contributed by atoms with Gasteiger partial charge in [-0.1, -0.05) is 17.3 Å². The zero-order chi connectivity index (χ0) is 21.3. The SMILES string of the molecule is C=C(OC)N(C)c1ccc(COc2cc(F)cc(ON=CC3CCOCC3)c2)cc1. The minimum atomic E-state index is -0.446. The highest BCUT2D eigenvalue weighted by Crippen LogP contribution is 2.24. The molecule has 0 bridgehead atoms. The molecule has 7 heteroatoms. The fourth-order valence-electron chi connectivity index (χ4n) is 2.98. The topological polar surface area (TPSA) is 52.5 Å². The average molecular weight is 414 g/mol. The van der Waals surface area contributed by atoms with Crippen molar-refractivity contribution in [2.75, 3.05) is 32.3 Å². The van der Waals surface area contributed by atoms with Gasteiger partial charge in [-0.2, -0.15) is 0 Å². The number of oxime groups is 1. The van der Waals surface area contributed by atoms with Gasteiger partial charge >= 0.3 is 0 Å². The van der Waals surface area contributed by atoms with Gasteiger partial charge in [0.15, 0.2) is 11.6 Å². The lowest BCUT2D eigenvalue weighted by Gasteiger charge is -2.20. The Morgan fingerprint density at radius 1 is 1.20 bits per heavy atom. The van der Waals surface area contributed by atoms with E-state index in [1.807, 2.05) is 36.2 Å². The lowest BCUT2D eigenvalue weighted by molar-refractivity contribution is 0.0833. The van der Waals surface area contributed by atoms with Crippen LogP contribution in [0.5, 0.6) is 11.5 Å². The van der Waals surface area contributed by atoms with E-state index in [1.165, 1.54) is 12.1 Å². The minimum Gasteiger partial charge on any atom is -0.489 e. The number of benzene rings is 2. The van der Waals surface area contributed by atoms with Gasteiger partial charge in [-0.3, -0.25) is 0 Å². The lowest BCUT2D eigenvalue weighted by atomic mass is 10.0. The minimum absolute atomic E-state index is 0.295. The highest BCUT2D eigenvalue weighted by atomic mass is 19.1. The first-order valence-electron chi connectivity index (χ1n) is 9.82. The third-order valence-corrected chi connectivity index (χ3v) is 4.88. The molecule has 1 saturated heterocycles. The summed E-state index contributed by atoms with van der Waals surface area (Å²) in [6, 6.07) is 12.0. The number of methoxy groups -OCH3 is 1. The van der Waals surface area contributed by atoms with E-state index >= 15 is 0 Å². The van der Waals surface area contributed by atoms with Crippen molar-refractivity contribution in [1.82, 2.24) is 0 Å². The summed E-state index contributed by atoms with van der Waals surface area (Å²) in [5.74, 6) is 1.10. The van der Waals surface area contributed by atoms with E-state index in [4.69, 9.17) is 19.0 Å². The van der Waals surface area contributed by atoms with Gasteiger partial charge in [-0.25, -0.2) is 4.39 Å². The maximum atomic E-state index is 13.9. The summed E-state index contributed by atoms with van der Waals surface area (Å²) in [6.45, 7) is 5.58. The maximum Gasteiger partial charge on any atom is 0.185 e. The van der Waals surface area contributed by atoms with Gasteiger partial charge in [0.25, 0.3) is 0 Å². The Kier molecular flexibility index (Phi) is 7.68. The molecule has 0 radical (unpaired) electrons. The Labute approximate surface area is 176 Å². The molecule has 2 aromatic rings. The fourth-order valence-corrected chi connectivity index (χ4v) is 2.98. The van der Waals surface area contributed by atoms with E-state index in [-0.39, 0.29) is 0 Å². The summed E-state index contributed by atoms with van der Waals surface area (Å²) in [7, 11) is 3.45. The number of hydrogen-bond acceptors (Lipinski definition) is 6. The van der Waals surface area contributed by atoms with Crippen molar-refractivity contribution < 1.29 is 23.4 Å². The van der Waals surface area contributed by atoms with E-state index in [0.29, 0.717) is 29.9 Å². The molecule has 0 N–H and O–H groups in total. The van der Waals surface area contributed by atoms with Gasteiger partial charge in [0.2, 0.25) is 0 Å². The second-order valence-electron chi connectivity index (χ2n) is 7.03. The van der Waals surface area contributed by atoms with Crippen LogP contribution in [-0.4, -0.2) is 33.6 Å². The first-order valence-corrected chi connectivity index (χ1v) is 9.82. The number of hydrogen-bond donors (Lipinski definition) is 0. The molecule has 1 aliphatic heterocycles. The summed E-state index contributed by atoms with van der Waals surface area (Å²) in [4.78, 5) is 7.18. The Balaban J connectivity index is 1.56. The van der Waals surface area contributed by atoms with Crippen molar-refractivity contribution >= 4 is 11.9 Å². The summed E-state index contributed by atoms with van der Waals surface area (Å²) >= 11 is 0. The van der Waals surface area contributed by atoms with Gasteiger partial charge in [0.05, 0.1) is 7.11 Å². The highest BCUT2D eigenvalue weighted by molar-refractivity contribution is 5.60.